The number of fused-ring (bicyclic) bond motifs is 2. The van der Waals surface area contributed by atoms with Gasteiger partial charge in [0.15, 0.2) is 0 Å². The lowest BCUT2D eigenvalue weighted by atomic mass is 10.00. The monoisotopic (exact) mass is 701 g/mol. The zero-order valence-corrected chi connectivity index (χ0v) is 27.5. The van der Waals surface area contributed by atoms with Crippen LogP contribution in [0.25, 0.3) is 22.1 Å². The van der Waals surface area contributed by atoms with E-state index in [9.17, 15) is 48.2 Å². The SMILES string of the molecule is C=C(C)c1cc2c(=O)c(C(=O)O)cn(C3CC3)c2cc1N1CCN(C(=O)OC(Cc2cnc3ccccn23)(P(=O)(O)O)P(=O)(O)O)CC1. The molecular weight excluding hydrogens is 668 g/mol. The number of amides is 1. The molecule has 2 fully saturated rings. The van der Waals surface area contributed by atoms with Crippen molar-refractivity contribution in [2.75, 3.05) is 31.1 Å². The van der Waals surface area contributed by atoms with E-state index in [4.69, 9.17) is 4.74 Å². The second kappa shape index (κ2) is 12.0. The van der Waals surface area contributed by atoms with Crippen molar-refractivity contribution in [1.82, 2.24) is 18.9 Å². The molecule has 6 rings (SSSR count). The molecule has 1 aliphatic carbocycles. The van der Waals surface area contributed by atoms with Crippen molar-refractivity contribution in [3.63, 3.8) is 0 Å². The molecule has 0 radical (unpaired) electrons. The molecule has 4 aromatic rings. The number of benzene rings is 1. The number of ether oxygens (including phenoxy) is 1. The first-order valence-electron chi connectivity index (χ1n) is 14.9. The Kier molecular flexibility index (Phi) is 8.39. The van der Waals surface area contributed by atoms with Gasteiger partial charge in [0.25, 0.3) is 0 Å². The first-order valence-corrected chi connectivity index (χ1v) is 18.1. The predicted octanol–water partition coefficient (Wildman–Crippen LogP) is 3.23. The van der Waals surface area contributed by atoms with Crippen LogP contribution in [0.4, 0.5) is 10.5 Å². The lowest BCUT2D eigenvalue weighted by Crippen LogP contribution is -2.51. The van der Waals surface area contributed by atoms with Gasteiger partial charge in [-0.15, -0.1) is 0 Å². The Labute approximate surface area is 272 Å². The zero-order valence-electron chi connectivity index (χ0n) is 25.7. The number of carboxylic acids is 1. The van der Waals surface area contributed by atoms with Crippen LogP contribution < -0.4 is 10.3 Å². The molecule has 254 valence electrons. The molecule has 48 heavy (non-hydrogen) atoms. The number of hydrogen-bond acceptors (Lipinski definition) is 8. The Hall–Kier alpha value is -4.30. The van der Waals surface area contributed by atoms with Crippen LogP contribution in [0.15, 0.2) is 60.3 Å². The molecular formula is C30H33N5O11P2. The number of aromatic carboxylic acids is 1. The molecule has 0 spiro atoms. The second-order valence-electron chi connectivity index (χ2n) is 12.0. The van der Waals surface area contributed by atoms with E-state index in [1.165, 1.54) is 23.0 Å². The Morgan fingerprint density at radius 3 is 2.29 bits per heavy atom. The normalized spacial score (nSPS) is 16.0. The van der Waals surface area contributed by atoms with Crippen molar-refractivity contribution in [3.05, 3.63) is 82.5 Å². The van der Waals surface area contributed by atoms with Crippen LogP contribution in [0.3, 0.4) is 0 Å². The fourth-order valence-electron chi connectivity index (χ4n) is 6.01. The zero-order chi connectivity index (χ0) is 34.8. The Morgan fingerprint density at radius 2 is 1.71 bits per heavy atom. The summed E-state index contributed by atoms with van der Waals surface area (Å²) in [5, 5.41) is 6.37. The van der Waals surface area contributed by atoms with Crippen molar-refractivity contribution in [2.24, 2.45) is 0 Å². The molecule has 3 aromatic heterocycles. The average molecular weight is 702 g/mol. The molecule has 1 amide bonds. The largest absolute Gasteiger partial charge is 0.477 e. The summed E-state index contributed by atoms with van der Waals surface area (Å²) in [5.41, 5.74) is 1.83. The lowest BCUT2D eigenvalue weighted by Gasteiger charge is -2.39. The van der Waals surface area contributed by atoms with E-state index in [2.05, 4.69) is 11.6 Å². The highest BCUT2D eigenvalue weighted by Gasteiger charge is 2.65. The summed E-state index contributed by atoms with van der Waals surface area (Å²) in [7, 11) is -11.7. The maximum absolute atomic E-state index is 13.4. The lowest BCUT2D eigenvalue weighted by molar-refractivity contribution is 0.0485. The Morgan fingerprint density at radius 1 is 1.04 bits per heavy atom. The van der Waals surface area contributed by atoms with Crippen LogP contribution in [0.2, 0.25) is 0 Å². The standard InChI is InChI=1S/C30H33N5O11P2/c1-18(2)21-13-22-25(35(19-6-7-19)17-23(27(22)36)28(37)38)14-24(21)32-9-11-33(12-10-32)29(39)46-30(47(40,41)42,48(43,44)45)15-20-16-31-26-5-3-4-8-34(20)26/h3-5,8,13-14,16-17,19H,1,6-7,9-12,15H2,2H3,(H,37,38)(H2,40,41,42)(H2,43,44,45). The van der Waals surface area contributed by atoms with Crippen molar-refractivity contribution in [2.45, 2.75) is 37.3 Å². The average Bonchev–Trinajstić information content (AvgIpc) is 3.79. The molecule has 5 N–H and O–H groups in total. The molecule has 18 heteroatoms. The first kappa shape index (κ1) is 33.6. The third-order valence-corrected chi connectivity index (χ3v) is 12.6. The highest BCUT2D eigenvalue weighted by molar-refractivity contribution is 7.72. The number of piperazine rings is 1. The van der Waals surface area contributed by atoms with Crippen LogP contribution in [-0.2, 0) is 20.3 Å². The number of carbonyl (C=O) groups is 2. The van der Waals surface area contributed by atoms with Gasteiger partial charge >= 0.3 is 32.3 Å². The number of pyridine rings is 2. The fourth-order valence-corrected chi connectivity index (χ4v) is 8.50. The van der Waals surface area contributed by atoms with Gasteiger partial charge < -0.3 is 48.2 Å². The first-order chi connectivity index (χ1) is 22.5. The Bertz CT molecular complexity index is 2120. The van der Waals surface area contributed by atoms with Gasteiger partial charge in [-0.25, -0.2) is 14.6 Å². The van der Waals surface area contributed by atoms with Gasteiger partial charge in [0.05, 0.1) is 11.9 Å². The van der Waals surface area contributed by atoms with Crippen LogP contribution >= 0.6 is 15.2 Å². The second-order valence-corrected chi connectivity index (χ2v) is 16.0. The number of rotatable bonds is 9. The van der Waals surface area contributed by atoms with Gasteiger partial charge in [0.2, 0.25) is 5.43 Å². The number of nitrogens with zero attached hydrogens (tertiary/aromatic N) is 5. The molecule has 1 aromatic carbocycles. The summed E-state index contributed by atoms with van der Waals surface area (Å²) in [6.07, 6.45) is 3.36. The molecule has 2 aliphatic rings. The third-order valence-electron chi connectivity index (χ3n) is 8.72. The maximum atomic E-state index is 13.4. The highest BCUT2D eigenvalue weighted by Crippen LogP contribution is 2.70. The van der Waals surface area contributed by atoms with Gasteiger partial charge in [-0.1, -0.05) is 12.6 Å². The molecule has 0 atom stereocenters. The van der Waals surface area contributed by atoms with Gasteiger partial charge in [0, 0.05) is 73.1 Å². The summed E-state index contributed by atoms with van der Waals surface area (Å²) in [5.74, 6) is -1.32. The summed E-state index contributed by atoms with van der Waals surface area (Å²) in [4.78, 5) is 86.7. The van der Waals surface area contributed by atoms with Gasteiger partial charge in [0.1, 0.15) is 11.2 Å². The Balaban J connectivity index is 1.29. The molecule has 16 nitrogen and oxygen atoms in total. The number of carbonyl (C=O) groups excluding carboxylic acids is 1. The molecule has 1 saturated carbocycles. The van der Waals surface area contributed by atoms with Gasteiger partial charge in [-0.3, -0.25) is 13.9 Å². The number of anilines is 1. The topological polar surface area (TPSA) is 224 Å². The summed E-state index contributed by atoms with van der Waals surface area (Å²) in [6.45, 7) is 6.03. The minimum atomic E-state index is -5.83. The van der Waals surface area contributed by atoms with Crippen LogP contribution in [-0.4, -0.2) is 86.9 Å². The van der Waals surface area contributed by atoms with E-state index in [0.717, 1.165) is 17.7 Å². The van der Waals surface area contributed by atoms with E-state index in [0.29, 0.717) is 28.0 Å². The number of hydrogen-bond donors (Lipinski definition) is 5. The minimum absolute atomic E-state index is 0.00125. The number of aromatic nitrogens is 3. The number of carboxylic acid groups (broad SMARTS) is 1. The maximum Gasteiger partial charge on any atom is 0.411 e. The summed E-state index contributed by atoms with van der Waals surface area (Å²) in [6, 6.07) is 8.29. The molecule has 0 bridgehead atoms. The van der Waals surface area contributed by atoms with Crippen molar-refractivity contribution in [1.29, 1.82) is 0 Å². The minimum Gasteiger partial charge on any atom is -0.477 e. The van der Waals surface area contributed by atoms with Crippen LogP contribution in [0, 0.1) is 0 Å². The number of imidazole rings is 1. The quantitative estimate of drug-likeness (QED) is 0.158. The number of allylic oxidation sites excluding steroid dienone is 1. The van der Waals surface area contributed by atoms with E-state index in [1.807, 2.05) is 4.90 Å². The van der Waals surface area contributed by atoms with Crippen molar-refractivity contribution in [3.8, 4) is 0 Å². The fraction of sp³-hybridized carbons (Fsp3) is 0.333. The van der Waals surface area contributed by atoms with E-state index >= 15 is 0 Å². The molecule has 4 heterocycles. The highest BCUT2D eigenvalue weighted by atomic mass is 31.2. The van der Waals surface area contributed by atoms with Crippen LogP contribution in [0.1, 0.15) is 47.4 Å². The summed E-state index contributed by atoms with van der Waals surface area (Å²) >= 11 is 0. The van der Waals surface area contributed by atoms with Crippen molar-refractivity contribution < 1.29 is 48.1 Å². The van der Waals surface area contributed by atoms with Gasteiger partial charge in [-0.05, 0) is 49.6 Å². The molecule has 1 saturated heterocycles. The third kappa shape index (κ3) is 5.85. The van der Waals surface area contributed by atoms with E-state index < -0.39 is 44.2 Å². The molecule has 0 unspecified atom stereocenters. The van der Waals surface area contributed by atoms with E-state index in [1.54, 1.807) is 41.8 Å². The van der Waals surface area contributed by atoms with E-state index in [-0.39, 0.29) is 48.9 Å². The molecule has 1 aliphatic heterocycles. The smallest absolute Gasteiger partial charge is 0.411 e. The van der Waals surface area contributed by atoms with Crippen LogP contribution in [0.5, 0.6) is 0 Å². The summed E-state index contributed by atoms with van der Waals surface area (Å²) < 4.78 is 33.9. The van der Waals surface area contributed by atoms with Gasteiger partial charge in [-0.2, -0.15) is 0 Å². The predicted molar refractivity (Wildman–Crippen MR) is 174 cm³/mol. The van der Waals surface area contributed by atoms with Crippen molar-refractivity contribution >= 4 is 55.1 Å².